The highest BCUT2D eigenvalue weighted by Crippen LogP contribution is 2.25. The number of benzene rings is 3. The molecule has 0 saturated carbocycles. The van der Waals surface area contributed by atoms with E-state index in [1.807, 2.05) is 62.4 Å². The Kier molecular flexibility index (Phi) is 11.0. The van der Waals surface area contributed by atoms with E-state index in [0.717, 1.165) is 16.7 Å². The third-order valence-electron chi connectivity index (χ3n) is 5.47. The molecule has 0 heterocycles. The number of nitrogens with one attached hydrogen (secondary N) is 1. The molecule has 0 saturated heterocycles. The maximum atomic E-state index is 13.6. The molecule has 0 radical (unpaired) electrons. The van der Waals surface area contributed by atoms with E-state index in [0.29, 0.717) is 33.8 Å². The summed E-state index contributed by atoms with van der Waals surface area (Å²) >= 11 is 19.8. The second-order valence-electron chi connectivity index (χ2n) is 8.75. The lowest BCUT2D eigenvalue weighted by Crippen LogP contribution is -2.52. The van der Waals surface area contributed by atoms with Crippen molar-refractivity contribution < 1.29 is 9.59 Å². The van der Waals surface area contributed by atoms with Crippen LogP contribution >= 0.6 is 46.6 Å². The smallest absolute Gasteiger partial charge is 0.243 e. The van der Waals surface area contributed by atoms with Crippen LogP contribution in [0.3, 0.4) is 0 Å². The first-order valence-electron chi connectivity index (χ1n) is 11.6. The molecule has 1 atom stereocenters. The lowest BCUT2D eigenvalue weighted by molar-refractivity contribution is -0.139. The van der Waals surface area contributed by atoms with Crippen molar-refractivity contribution in [3.8, 4) is 0 Å². The number of thioether (sulfide) groups is 1. The lowest BCUT2D eigenvalue weighted by atomic mass is 10.0. The van der Waals surface area contributed by atoms with Crippen LogP contribution in [-0.4, -0.2) is 34.6 Å². The molecule has 8 heteroatoms. The Morgan fingerprint density at radius 1 is 0.889 bits per heavy atom. The van der Waals surface area contributed by atoms with Crippen LogP contribution in [-0.2, 0) is 28.3 Å². The molecule has 190 valence electrons. The van der Waals surface area contributed by atoms with E-state index >= 15 is 0 Å². The Morgan fingerprint density at radius 3 is 2.19 bits per heavy atom. The van der Waals surface area contributed by atoms with Gasteiger partial charge in [0.25, 0.3) is 0 Å². The van der Waals surface area contributed by atoms with Gasteiger partial charge in [-0.3, -0.25) is 9.59 Å². The maximum absolute atomic E-state index is 13.6. The molecule has 3 rings (SSSR count). The summed E-state index contributed by atoms with van der Waals surface area (Å²) < 4.78 is 0. The first-order chi connectivity index (χ1) is 17.2. The van der Waals surface area contributed by atoms with Crippen molar-refractivity contribution in [2.75, 3.05) is 5.75 Å². The van der Waals surface area contributed by atoms with E-state index < -0.39 is 6.04 Å². The van der Waals surface area contributed by atoms with E-state index in [1.165, 1.54) is 11.8 Å². The number of hydrogen-bond donors (Lipinski definition) is 1. The summed E-state index contributed by atoms with van der Waals surface area (Å²) in [5, 5.41) is 4.75. The van der Waals surface area contributed by atoms with Crippen LogP contribution in [0.4, 0.5) is 0 Å². The molecule has 1 unspecified atom stereocenters. The normalized spacial score (nSPS) is 11.8. The van der Waals surface area contributed by atoms with Gasteiger partial charge >= 0.3 is 0 Å². The second-order valence-corrected chi connectivity index (χ2v) is 11.0. The van der Waals surface area contributed by atoms with Gasteiger partial charge in [0.1, 0.15) is 6.04 Å². The SMILES string of the molecule is CC(C)NC(=O)C(Cc1ccccc1)N(Cc1ccc(Cl)cc1)C(=O)CSCc1ccc(Cl)cc1Cl. The van der Waals surface area contributed by atoms with Crippen LogP contribution in [0.1, 0.15) is 30.5 Å². The summed E-state index contributed by atoms with van der Waals surface area (Å²) in [6, 6.07) is 21.7. The first-order valence-corrected chi connectivity index (χ1v) is 13.9. The Labute approximate surface area is 232 Å². The molecular formula is C28H29Cl3N2O2S. The molecule has 0 aromatic heterocycles. The largest absolute Gasteiger partial charge is 0.352 e. The van der Waals surface area contributed by atoms with Gasteiger partial charge in [0.05, 0.1) is 5.75 Å². The highest BCUT2D eigenvalue weighted by molar-refractivity contribution is 7.99. The second kappa shape index (κ2) is 13.9. The number of rotatable bonds is 11. The average molecular weight is 564 g/mol. The zero-order valence-corrected chi connectivity index (χ0v) is 23.3. The van der Waals surface area contributed by atoms with Crippen molar-refractivity contribution in [3.63, 3.8) is 0 Å². The van der Waals surface area contributed by atoms with E-state index in [1.54, 1.807) is 29.2 Å². The fourth-order valence-electron chi connectivity index (χ4n) is 3.69. The molecular weight excluding hydrogens is 535 g/mol. The van der Waals surface area contributed by atoms with Crippen LogP contribution in [0.5, 0.6) is 0 Å². The minimum atomic E-state index is -0.669. The lowest BCUT2D eigenvalue weighted by Gasteiger charge is -2.32. The maximum Gasteiger partial charge on any atom is 0.243 e. The Morgan fingerprint density at radius 2 is 1.56 bits per heavy atom. The Hall–Kier alpha value is -2.18. The predicted octanol–water partition coefficient (Wildman–Crippen LogP) is 7.04. The first kappa shape index (κ1) is 28.4. The van der Waals surface area contributed by atoms with Crippen LogP contribution in [0.15, 0.2) is 72.8 Å². The van der Waals surface area contributed by atoms with Crippen molar-refractivity contribution in [1.29, 1.82) is 0 Å². The van der Waals surface area contributed by atoms with Gasteiger partial charge in [-0.1, -0.05) is 83.3 Å². The minimum Gasteiger partial charge on any atom is -0.352 e. The zero-order chi connectivity index (χ0) is 26.1. The quantitative estimate of drug-likeness (QED) is 0.272. The molecule has 4 nitrogen and oxygen atoms in total. The number of nitrogens with zero attached hydrogens (tertiary/aromatic N) is 1. The summed E-state index contributed by atoms with van der Waals surface area (Å²) in [4.78, 5) is 28.6. The fourth-order valence-corrected chi connectivity index (χ4v) is 5.29. The summed E-state index contributed by atoms with van der Waals surface area (Å²) in [6.07, 6.45) is 0.409. The molecule has 3 aromatic rings. The molecule has 0 fully saturated rings. The molecule has 0 spiro atoms. The molecule has 0 aliphatic carbocycles. The van der Waals surface area contributed by atoms with Crippen LogP contribution in [0.2, 0.25) is 15.1 Å². The topological polar surface area (TPSA) is 49.4 Å². The third kappa shape index (κ3) is 8.74. The Balaban J connectivity index is 1.84. The van der Waals surface area contributed by atoms with Gasteiger partial charge in [-0.05, 0) is 54.8 Å². The van der Waals surface area contributed by atoms with E-state index in [-0.39, 0.29) is 23.6 Å². The van der Waals surface area contributed by atoms with Gasteiger partial charge in [0, 0.05) is 39.8 Å². The van der Waals surface area contributed by atoms with Gasteiger partial charge < -0.3 is 10.2 Å². The molecule has 2 amide bonds. The molecule has 1 N–H and O–H groups in total. The van der Waals surface area contributed by atoms with Crippen molar-refractivity contribution >= 4 is 58.4 Å². The van der Waals surface area contributed by atoms with Crippen molar-refractivity contribution in [2.45, 2.75) is 44.6 Å². The van der Waals surface area contributed by atoms with Gasteiger partial charge in [-0.2, -0.15) is 0 Å². The third-order valence-corrected chi connectivity index (χ3v) is 7.27. The van der Waals surface area contributed by atoms with E-state index in [9.17, 15) is 9.59 Å². The molecule has 36 heavy (non-hydrogen) atoms. The summed E-state index contributed by atoms with van der Waals surface area (Å²) in [5.41, 5.74) is 2.78. The highest BCUT2D eigenvalue weighted by atomic mass is 35.5. The van der Waals surface area contributed by atoms with E-state index in [4.69, 9.17) is 34.8 Å². The summed E-state index contributed by atoms with van der Waals surface area (Å²) in [6.45, 7) is 4.12. The minimum absolute atomic E-state index is 0.0512. The van der Waals surface area contributed by atoms with Crippen molar-refractivity contribution in [2.24, 2.45) is 0 Å². The Bertz CT molecular complexity index is 1160. The van der Waals surface area contributed by atoms with Crippen LogP contribution in [0, 0.1) is 0 Å². The van der Waals surface area contributed by atoms with E-state index in [2.05, 4.69) is 5.32 Å². The van der Waals surface area contributed by atoms with Crippen LogP contribution in [0.25, 0.3) is 0 Å². The monoisotopic (exact) mass is 562 g/mol. The molecule has 0 aliphatic rings. The summed E-state index contributed by atoms with van der Waals surface area (Å²) in [7, 11) is 0. The van der Waals surface area contributed by atoms with Crippen LogP contribution < -0.4 is 5.32 Å². The van der Waals surface area contributed by atoms with Crippen molar-refractivity contribution in [1.82, 2.24) is 10.2 Å². The standard InChI is InChI=1S/C28H29Cl3N2O2S/c1-19(2)32-28(35)26(14-20-6-4-3-5-7-20)33(16-21-8-11-23(29)12-9-21)27(34)18-36-17-22-10-13-24(30)15-25(22)31/h3-13,15,19,26H,14,16-18H2,1-2H3,(H,32,35). The average Bonchev–Trinajstić information content (AvgIpc) is 2.84. The number of carbonyl (C=O) groups is 2. The van der Waals surface area contributed by atoms with Gasteiger partial charge in [0.2, 0.25) is 11.8 Å². The van der Waals surface area contributed by atoms with Gasteiger partial charge in [-0.15, -0.1) is 11.8 Å². The molecule has 3 aromatic carbocycles. The summed E-state index contributed by atoms with van der Waals surface area (Å²) in [5.74, 6) is 0.451. The van der Waals surface area contributed by atoms with Gasteiger partial charge in [0.15, 0.2) is 0 Å². The highest BCUT2D eigenvalue weighted by Gasteiger charge is 2.30. The fraction of sp³-hybridized carbons (Fsp3) is 0.286. The number of hydrogen-bond acceptors (Lipinski definition) is 3. The van der Waals surface area contributed by atoms with Crippen molar-refractivity contribution in [3.05, 3.63) is 105 Å². The predicted molar refractivity (Wildman–Crippen MR) is 152 cm³/mol. The number of carbonyl (C=O) groups excluding carboxylic acids is 2. The number of halogens is 3. The molecule has 0 bridgehead atoms. The number of amides is 2. The zero-order valence-electron chi connectivity index (χ0n) is 20.2. The van der Waals surface area contributed by atoms with Gasteiger partial charge in [-0.25, -0.2) is 0 Å². The molecule has 0 aliphatic heterocycles.